The Bertz CT molecular complexity index is 371. The van der Waals surface area contributed by atoms with Crippen molar-refractivity contribution < 1.29 is 9.53 Å². The number of benzene rings is 1. The molecule has 1 aliphatic heterocycles. The number of fused-ring (bicyclic) bond motifs is 1. The van der Waals surface area contributed by atoms with Gasteiger partial charge in [0.05, 0.1) is 7.11 Å². The zero-order valence-corrected chi connectivity index (χ0v) is 8.40. The second kappa shape index (κ2) is 3.07. The number of rotatable bonds is 1. The number of carbonyl (C=O) groups excluding carboxylic acids is 1. The smallest absolute Gasteiger partial charge is 0.198 e. The highest BCUT2D eigenvalue weighted by atomic mass is 32.2. The van der Waals surface area contributed by atoms with E-state index in [-0.39, 0.29) is 5.12 Å². The van der Waals surface area contributed by atoms with Crippen molar-refractivity contribution in [3.63, 3.8) is 0 Å². The molecule has 0 unspecified atom stereocenters. The molecular formula is C10H10O2S. The fraction of sp³-hybridized carbons (Fsp3) is 0.300. The van der Waals surface area contributed by atoms with Gasteiger partial charge in [-0.2, -0.15) is 0 Å². The zero-order valence-electron chi connectivity index (χ0n) is 7.59. The molecule has 0 atom stereocenters. The molecule has 3 heteroatoms. The summed E-state index contributed by atoms with van der Waals surface area (Å²) in [6, 6.07) is 3.98. The molecule has 0 saturated carbocycles. The predicted octanol–water partition coefficient (Wildman–Crippen LogP) is 2.18. The third-order valence-corrected chi connectivity index (χ3v) is 3.11. The molecule has 0 aromatic heterocycles. The van der Waals surface area contributed by atoms with Crippen LogP contribution in [-0.2, 0) is 11.2 Å². The lowest BCUT2D eigenvalue weighted by Gasteiger charge is -2.06. The van der Waals surface area contributed by atoms with Crippen molar-refractivity contribution in [2.75, 3.05) is 7.11 Å². The summed E-state index contributed by atoms with van der Waals surface area (Å²) in [7, 11) is 1.65. The van der Waals surface area contributed by atoms with Crippen LogP contribution in [0.15, 0.2) is 17.0 Å². The number of methoxy groups -OCH3 is 1. The molecule has 1 aliphatic rings. The Kier molecular flexibility index (Phi) is 2.04. The average Bonchev–Trinajstić information content (AvgIpc) is 2.42. The molecule has 0 radical (unpaired) electrons. The number of hydrogen-bond acceptors (Lipinski definition) is 3. The van der Waals surface area contributed by atoms with Crippen LogP contribution in [0.4, 0.5) is 0 Å². The zero-order chi connectivity index (χ0) is 9.42. The van der Waals surface area contributed by atoms with E-state index in [0.29, 0.717) is 6.42 Å². The molecule has 2 rings (SSSR count). The van der Waals surface area contributed by atoms with Crippen LogP contribution in [0.3, 0.4) is 0 Å². The summed E-state index contributed by atoms with van der Waals surface area (Å²) < 4.78 is 5.18. The lowest BCUT2D eigenvalue weighted by atomic mass is 10.1. The Hall–Kier alpha value is -0.960. The molecule has 0 bridgehead atoms. The van der Waals surface area contributed by atoms with Crippen molar-refractivity contribution in [2.24, 2.45) is 0 Å². The van der Waals surface area contributed by atoms with Crippen LogP contribution in [-0.4, -0.2) is 12.2 Å². The monoisotopic (exact) mass is 194 g/mol. The van der Waals surface area contributed by atoms with Crippen molar-refractivity contribution in [1.29, 1.82) is 0 Å². The lowest BCUT2D eigenvalue weighted by Crippen LogP contribution is -1.90. The molecule has 1 aromatic rings. The van der Waals surface area contributed by atoms with Gasteiger partial charge < -0.3 is 4.74 Å². The first-order valence-corrected chi connectivity index (χ1v) is 4.90. The second-order valence-electron chi connectivity index (χ2n) is 3.08. The summed E-state index contributed by atoms with van der Waals surface area (Å²) in [4.78, 5) is 12.2. The molecule has 2 nitrogen and oxygen atoms in total. The first-order valence-electron chi connectivity index (χ1n) is 4.09. The molecule has 0 spiro atoms. The fourth-order valence-electron chi connectivity index (χ4n) is 1.50. The summed E-state index contributed by atoms with van der Waals surface area (Å²) in [5, 5.41) is 0.225. The number of carbonyl (C=O) groups is 1. The minimum atomic E-state index is 0.225. The highest BCUT2D eigenvalue weighted by molar-refractivity contribution is 8.14. The summed E-state index contributed by atoms with van der Waals surface area (Å²) >= 11 is 1.31. The van der Waals surface area contributed by atoms with E-state index in [4.69, 9.17) is 4.74 Å². The van der Waals surface area contributed by atoms with Crippen molar-refractivity contribution in [3.8, 4) is 5.75 Å². The van der Waals surface area contributed by atoms with Gasteiger partial charge in [-0.25, -0.2) is 0 Å². The summed E-state index contributed by atoms with van der Waals surface area (Å²) in [6.45, 7) is 1.99. The molecular weight excluding hydrogens is 184 g/mol. The van der Waals surface area contributed by atoms with Crippen LogP contribution < -0.4 is 4.74 Å². The Morgan fingerprint density at radius 2 is 2.23 bits per heavy atom. The highest BCUT2D eigenvalue weighted by Crippen LogP contribution is 2.36. The topological polar surface area (TPSA) is 26.3 Å². The quantitative estimate of drug-likeness (QED) is 0.685. The first kappa shape index (κ1) is 8.63. The number of aryl methyl sites for hydroxylation is 1. The van der Waals surface area contributed by atoms with Gasteiger partial charge in [0.15, 0.2) is 5.12 Å². The van der Waals surface area contributed by atoms with Gasteiger partial charge in [-0.15, -0.1) is 0 Å². The lowest BCUT2D eigenvalue weighted by molar-refractivity contribution is -0.110. The molecule has 0 saturated heterocycles. The minimum absolute atomic E-state index is 0.225. The third-order valence-electron chi connectivity index (χ3n) is 2.14. The van der Waals surface area contributed by atoms with Gasteiger partial charge >= 0.3 is 0 Å². The normalized spacial score (nSPS) is 14.5. The molecule has 0 N–H and O–H groups in total. The van der Waals surface area contributed by atoms with Crippen LogP contribution in [0, 0.1) is 6.92 Å². The Labute approximate surface area is 81.3 Å². The van der Waals surface area contributed by atoms with Crippen LogP contribution in [0.25, 0.3) is 0 Å². The van der Waals surface area contributed by atoms with Gasteiger partial charge in [0.25, 0.3) is 0 Å². The third kappa shape index (κ3) is 1.44. The summed E-state index contributed by atoms with van der Waals surface area (Å²) in [6.07, 6.45) is 0.560. The van der Waals surface area contributed by atoms with E-state index in [1.165, 1.54) is 11.8 Å². The largest absolute Gasteiger partial charge is 0.496 e. The predicted molar refractivity (Wildman–Crippen MR) is 52.3 cm³/mol. The standard InChI is InChI=1S/C10H10O2S/c1-6-3-7-4-10(11)13-9(7)5-8(6)12-2/h3,5H,4H2,1-2H3. The Morgan fingerprint density at radius 3 is 2.92 bits per heavy atom. The maximum absolute atomic E-state index is 11.1. The van der Waals surface area contributed by atoms with Gasteiger partial charge in [-0.1, -0.05) is 17.8 Å². The van der Waals surface area contributed by atoms with Crippen molar-refractivity contribution in [3.05, 3.63) is 23.3 Å². The van der Waals surface area contributed by atoms with Crippen molar-refractivity contribution >= 4 is 16.9 Å². The van der Waals surface area contributed by atoms with E-state index in [9.17, 15) is 4.79 Å². The molecule has 13 heavy (non-hydrogen) atoms. The maximum atomic E-state index is 11.1. The highest BCUT2D eigenvalue weighted by Gasteiger charge is 2.20. The van der Waals surface area contributed by atoms with Gasteiger partial charge in [0.2, 0.25) is 0 Å². The van der Waals surface area contributed by atoms with E-state index in [2.05, 4.69) is 0 Å². The van der Waals surface area contributed by atoms with Gasteiger partial charge in [0, 0.05) is 11.3 Å². The molecule has 0 fully saturated rings. The SMILES string of the molecule is COc1cc2c(cc1C)CC(=O)S2. The van der Waals surface area contributed by atoms with E-state index in [0.717, 1.165) is 21.8 Å². The average molecular weight is 194 g/mol. The van der Waals surface area contributed by atoms with E-state index in [1.807, 2.05) is 19.1 Å². The first-order chi connectivity index (χ1) is 6.20. The van der Waals surface area contributed by atoms with E-state index in [1.54, 1.807) is 7.11 Å². The van der Waals surface area contributed by atoms with E-state index >= 15 is 0 Å². The Balaban J connectivity index is 2.50. The second-order valence-corrected chi connectivity index (χ2v) is 4.18. The van der Waals surface area contributed by atoms with Crippen LogP contribution >= 0.6 is 11.8 Å². The van der Waals surface area contributed by atoms with Crippen molar-refractivity contribution in [1.82, 2.24) is 0 Å². The number of ether oxygens (including phenoxy) is 1. The molecule has 0 aliphatic carbocycles. The van der Waals surface area contributed by atoms with Crippen LogP contribution in [0.5, 0.6) is 5.75 Å². The van der Waals surface area contributed by atoms with Crippen molar-refractivity contribution in [2.45, 2.75) is 18.2 Å². The Morgan fingerprint density at radius 1 is 1.46 bits per heavy atom. The van der Waals surface area contributed by atoms with Crippen LogP contribution in [0.2, 0.25) is 0 Å². The maximum Gasteiger partial charge on any atom is 0.198 e. The molecule has 1 aromatic carbocycles. The fourth-order valence-corrected chi connectivity index (χ4v) is 2.40. The number of hydrogen-bond donors (Lipinski definition) is 0. The molecule has 0 amide bonds. The summed E-state index contributed by atoms with van der Waals surface area (Å²) in [5.74, 6) is 0.862. The van der Waals surface area contributed by atoms with Gasteiger partial charge in [-0.3, -0.25) is 4.79 Å². The summed E-state index contributed by atoms with van der Waals surface area (Å²) in [5.41, 5.74) is 2.23. The van der Waals surface area contributed by atoms with Gasteiger partial charge in [-0.05, 0) is 24.1 Å². The van der Waals surface area contributed by atoms with Crippen LogP contribution in [0.1, 0.15) is 11.1 Å². The molecule has 1 heterocycles. The molecule has 68 valence electrons. The van der Waals surface area contributed by atoms with Gasteiger partial charge in [0.1, 0.15) is 5.75 Å². The number of thioether (sulfide) groups is 1. The minimum Gasteiger partial charge on any atom is -0.496 e. The van der Waals surface area contributed by atoms with E-state index < -0.39 is 0 Å².